The maximum Gasteiger partial charge on any atom is 0.258 e. The average molecular weight is 258 g/mol. The molecule has 0 amide bonds. The van der Waals surface area contributed by atoms with Gasteiger partial charge < -0.3 is 10.3 Å². The predicted molar refractivity (Wildman–Crippen MR) is 71.0 cm³/mol. The van der Waals surface area contributed by atoms with Crippen LogP contribution in [-0.2, 0) is 5.54 Å². The number of hydrogen-bond donors (Lipinski definition) is 1. The minimum Gasteiger partial charge on any atom is -0.334 e. The predicted octanol–water partition coefficient (Wildman–Crippen LogP) is 2.50. The van der Waals surface area contributed by atoms with Gasteiger partial charge in [-0.3, -0.25) is 4.98 Å². The van der Waals surface area contributed by atoms with Crippen molar-refractivity contribution in [2.24, 2.45) is 11.7 Å². The van der Waals surface area contributed by atoms with Gasteiger partial charge in [-0.2, -0.15) is 4.98 Å². The maximum absolute atomic E-state index is 6.46. The summed E-state index contributed by atoms with van der Waals surface area (Å²) in [6, 6.07) is 3.70. The molecule has 0 bridgehead atoms. The first kappa shape index (κ1) is 12.3. The normalized spacial score (nSPS) is 27.4. The van der Waals surface area contributed by atoms with Crippen LogP contribution in [0.25, 0.3) is 11.5 Å². The molecule has 1 fully saturated rings. The van der Waals surface area contributed by atoms with Crippen molar-refractivity contribution >= 4 is 0 Å². The van der Waals surface area contributed by atoms with E-state index in [-0.39, 0.29) is 0 Å². The van der Waals surface area contributed by atoms with E-state index in [1.54, 1.807) is 12.4 Å². The molecule has 0 spiro atoms. The number of aromatic nitrogens is 3. The fraction of sp³-hybridized carbons (Fsp3) is 0.500. The van der Waals surface area contributed by atoms with Gasteiger partial charge in [-0.25, -0.2) is 0 Å². The summed E-state index contributed by atoms with van der Waals surface area (Å²) in [6.45, 7) is 2.23. The highest BCUT2D eigenvalue weighted by atomic mass is 16.5. The summed E-state index contributed by atoms with van der Waals surface area (Å²) in [5, 5.41) is 4.09. The van der Waals surface area contributed by atoms with Crippen molar-refractivity contribution in [2.45, 2.75) is 38.1 Å². The molecule has 1 aliphatic rings. The molecule has 3 rings (SSSR count). The van der Waals surface area contributed by atoms with E-state index in [0.29, 0.717) is 17.6 Å². The molecule has 100 valence electrons. The number of nitrogens with zero attached hydrogens (tertiary/aromatic N) is 3. The Morgan fingerprint density at radius 2 is 2.16 bits per heavy atom. The van der Waals surface area contributed by atoms with E-state index in [2.05, 4.69) is 22.0 Å². The second-order valence-corrected chi connectivity index (χ2v) is 5.52. The molecule has 1 aliphatic carbocycles. The second kappa shape index (κ2) is 4.74. The highest BCUT2D eigenvalue weighted by Gasteiger charge is 2.37. The summed E-state index contributed by atoms with van der Waals surface area (Å²) in [5.41, 5.74) is 6.90. The molecule has 2 heterocycles. The second-order valence-electron chi connectivity index (χ2n) is 5.52. The maximum atomic E-state index is 6.46. The number of hydrogen-bond acceptors (Lipinski definition) is 5. The summed E-state index contributed by atoms with van der Waals surface area (Å²) in [4.78, 5) is 8.46. The van der Waals surface area contributed by atoms with Crippen molar-refractivity contribution in [3.63, 3.8) is 0 Å². The molecule has 2 atom stereocenters. The van der Waals surface area contributed by atoms with Crippen LogP contribution in [0.15, 0.2) is 29.0 Å². The van der Waals surface area contributed by atoms with Gasteiger partial charge in [0.1, 0.15) is 0 Å². The molecule has 0 saturated heterocycles. The Balaban J connectivity index is 1.89. The van der Waals surface area contributed by atoms with Crippen LogP contribution in [0.3, 0.4) is 0 Å². The fourth-order valence-electron chi connectivity index (χ4n) is 2.83. The first-order valence-corrected chi connectivity index (χ1v) is 6.71. The van der Waals surface area contributed by atoms with Crippen LogP contribution >= 0.6 is 0 Å². The van der Waals surface area contributed by atoms with Crippen LogP contribution < -0.4 is 5.73 Å². The highest BCUT2D eigenvalue weighted by molar-refractivity contribution is 5.51. The van der Waals surface area contributed by atoms with E-state index in [1.165, 1.54) is 6.42 Å². The molecule has 0 aliphatic heterocycles. The van der Waals surface area contributed by atoms with Gasteiger partial charge >= 0.3 is 0 Å². The van der Waals surface area contributed by atoms with Crippen molar-refractivity contribution in [3.8, 4) is 11.5 Å². The topological polar surface area (TPSA) is 77.8 Å². The lowest BCUT2D eigenvalue weighted by molar-refractivity contribution is 0.222. The van der Waals surface area contributed by atoms with Crippen molar-refractivity contribution in [3.05, 3.63) is 30.4 Å². The fourth-order valence-corrected chi connectivity index (χ4v) is 2.83. The summed E-state index contributed by atoms with van der Waals surface area (Å²) < 4.78 is 5.34. The number of rotatable bonds is 2. The van der Waals surface area contributed by atoms with Gasteiger partial charge in [-0.1, -0.05) is 24.9 Å². The summed E-state index contributed by atoms with van der Waals surface area (Å²) >= 11 is 0. The molecule has 5 nitrogen and oxygen atoms in total. The third-order valence-electron chi connectivity index (χ3n) is 3.83. The first-order valence-electron chi connectivity index (χ1n) is 6.71. The monoisotopic (exact) mass is 258 g/mol. The Hall–Kier alpha value is -1.75. The molecule has 1 saturated carbocycles. The lowest BCUT2D eigenvalue weighted by Gasteiger charge is -2.33. The van der Waals surface area contributed by atoms with Gasteiger partial charge in [0.25, 0.3) is 5.89 Å². The zero-order valence-electron chi connectivity index (χ0n) is 11.0. The molecule has 2 N–H and O–H groups in total. The van der Waals surface area contributed by atoms with Gasteiger partial charge in [0, 0.05) is 18.0 Å². The van der Waals surface area contributed by atoms with Crippen molar-refractivity contribution in [2.75, 3.05) is 0 Å². The Kier molecular flexibility index (Phi) is 3.06. The van der Waals surface area contributed by atoms with E-state index in [4.69, 9.17) is 10.3 Å². The standard InChI is InChI=1S/C14H18N4O/c1-10-3-2-6-14(15,9-10)13-17-12(19-18-13)11-4-7-16-8-5-11/h4-5,7-8,10H,2-3,6,9,15H2,1H3. The van der Waals surface area contributed by atoms with Gasteiger partial charge in [0.05, 0.1) is 5.54 Å². The van der Waals surface area contributed by atoms with Gasteiger partial charge in [0.15, 0.2) is 5.82 Å². The smallest absolute Gasteiger partial charge is 0.258 e. The zero-order chi connectivity index (χ0) is 13.3. The van der Waals surface area contributed by atoms with Crippen LogP contribution in [0, 0.1) is 5.92 Å². The molecule has 2 aromatic heterocycles. The van der Waals surface area contributed by atoms with Crippen molar-refractivity contribution in [1.29, 1.82) is 0 Å². The third kappa shape index (κ3) is 2.38. The van der Waals surface area contributed by atoms with Gasteiger partial charge in [-0.15, -0.1) is 0 Å². The van der Waals surface area contributed by atoms with Crippen molar-refractivity contribution < 1.29 is 4.52 Å². The van der Waals surface area contributed by atoms with Gasteiger partial charge in [0.2, 0.25) is 0 Å². The zero-order valence-corrected chi connectivity index (χ0v) is 11.0. The van der Waals surface area contributed by atoms with E-state index in [1.807, 2.05) is 12.1 Å². The van der Waals surface area contributed by atoms with E-state index in [0.717, 1.165) is 24.8 Å². The van der Waals surface area contributed by atoms with E-state index >= 15 is 0 Å². The number of pyridine rings is 1. The van der Waals surface area contributed by atoms with Crippen LogP contribution in [0.4, 0.5) is 0 Å². The Morgan fingerprint density at radius 1 is 1.37 bits per heavy atom. The Morgan fingerprint density at radius 3 is 2.89 bits per heavy atom. The van der Waals surface area contributed by atoms with Crippen molar-refractivity contribution in [1.82, 2.24) is 15.1 Å². The number of nitrogens with two attached hydrogens (primary N) is 1. The summed E-state index contributed by atoms with van der Waals surface area (Å²) in [6.07, 6.45) is 7.61. The Bertz CT molecular complexity index is 554. The quantitative estimate of drug-likeness (QED) is 0.895. The Labute approximate surface area is 112 Å². The minimum absolute atomic E-state index is 0.438. The average Bonchev–Trinajstić information content (AvgIpc) is 2.90. The van der Waals surface area contributed by atoms with Crippen LogP contribution in [0.2, 0.25) is 0 Å². The van der Waals surface area contributed by atoms with Crippen LogP contribution in [0.1, 0.15) is 38.4 Å². The van der Waals surface area contributed by atoms with Gasteiger partial charge in [-0.05, 0) is 30.9 Å². The molecule has 0 radical (unpaired) electrons. The largest absolute Gasteiger partial charge is 0.334 e. The molecular weight excluding hydrogens is 240 g/mol. The molecule has 2 unspecified atom stereocenters. The van der Waals surface area contributed by atoms with E-state index < -0.39 is 5.54 Å². The SMILES string of the molecule is CC1CCCC(N)(c2noc(-c3ccncc3)n2)C1. The third-order valence-corrected chi connectivity index (χ3v) is 3.83. The van der Waals surface area contributed by atoms with E-state index in [9.17, 15) is 0 Å². The molecule has 0 aromatic carbocycles. The summed E-state index contributed by atoms with van der Waals surface area (Å²) in [5.74, 6) is 1.76. The lowest BCUT2D eigenvalue weighted by atomic mass is 9.76. The molecular formula is C14H18N4O. The summed E-state index contributed by atoms with van der Waals surface area (Å²) in [7, 11) is 0. The molecule has 5 heteroatoms. The lowest BCUT2D eigenvalue weighted by Crippen LogP contribution is -2.42. The van der Waals surface area contributed by atoms with Crippen LogP contribution in [-0.4, -0.2) is 15.1 Å². The van der Waals surface area contributed by atoms with Crippen LogP contribution in [0.5, 0.6) is 0 Å². The molecule has 2 aromatic rings. The molecule has 19 heavy (non-hydrogen) atoms. The first-order chi connectivity index (χ1) is 9.17. The highest BCUT2D eigenvalue weighted by Crippen LogP contribution is 2.36. The minimum atomic E-state index is -0.438.